The lowest BCUT2D eigenvalue weighted by atomic mass is 9.83. The van der Waals surface area contributed by atoms with Crippen molar-refractivity contribution in [3.63, 3.8) is 0 Å². The molecule has 0 radical (unpaired) electrons. The molecule has 0 aliphatic rings. The predicted octanol–water partition coefficient (Wildman–Crippen LogP) is 1.36. The number of carbonyl (C=O) groups is 1. The van der Waals surface area contributed by atoms with Gasteiger partial charge in [0, 0.05) is 5.56 Å². The van der Waals surface area contributed by atoms with Gasteiger partial charge in [0.25, 0.3) is 0 Å². The van der Waals surface area contributed by atoms with Crippen LogP contribution in [0.15, 0.2) is 18.2 Å². The van der Waals surface area contributed by atoms with Crippen LogP contribution in [0.4, 0.5) is 0 Å². The minimum Gasteiger partial charge on any atom is -0.545 e. The summed E-state index contributed by atoms with van der Waals surface area (Å²) in [7, 11) is 1.51. The van der Waals surface area contributed by atoms with Crippen LogP contribution in [0, 0.1) is 0 Å². The van der Waals surface area contributed by atoms with Crippen LogP contribution in [-0.4, -0.2) is 13.1 Å². The molecule has 82 valence electrons. The molecule has 0 heterocycles. The second kappa shape index (κ2) is 3.93. The van der Waals surface area contributed by atoms with Crippen molar-refractivity contribution in [3.05, 3.63) is 29.3 Å². The van der Waals surface area contributed by atoms with Gasteiger partial charge in [-0.05, 0) is 23.1 Å². The number of carboxylic acids is 1. The van der Waals surface area contributed by atoms with E-state index in [-0.39, 0.29) is 11.0 Å². The summed E-state index contributed by atoms with van der Waals surface area (Å²) in [6.07, 6.45) is 0. The van der Waals surface area contributed by atoms with Crippen LogP contribution >= 0.6 is 0 Å². The zero-order chi connectivity index (χ0) is 11.6. The third kappa shape index (κ3) is 2.49. The molecule has 0 amide bonds. The number of methoxy groups -OCH3 is 1. The molecule has 0 atom stereocenters. The fourth-order valence-electron chi connectivity index (χ4n) is 1.47. The van der Waals surface area contributed by atoms with E-state index in [1.807, 2.05) is 20.8 Å². The average Bonchev–Trinajstić information content (AvgIpc) is 2.15. The molecule has 0 bridgehead atoms. The van der Waals surface area contributed by atoms with Crippen molar-refractivity contribution in [2.45, 2.75) is 26.2 Å². The summed E-state index contributed by atoms with van der Waals surface area (Å²) in [5.74, 6) is -0.638. The largest absolute Gasteiger partial charge is 0.545 e. The molecule has 0 spiro atoms. The van der Waals surface area contributed by atoms with Crippen molar-refractivity contribution >= 4 is 5.97 Å². The van der Waals surface area contributed by atoms with E-state index in [0.717, 1.165) is 5.56 Å². The van der Waals surface area contributed by atoms with E-state index in [0.29, 0.717) is 5.75 Å². The van der Waals surface area contributed by atoms with Gasteiger partial charge in [-0.25, -0.2) is 0 Å². The van der Waals surface area contributed by atoms with Crippen LogP contribution in [-0.2, 0) is 5.41 Å². The molecule has 3 heteroatoms. The van der Waals surface area contributed by atoms with Gasteiger partial charge < -0.3 is 14.6 Å². The minimum atomic E-state index is -1.17. The quantitative estimate of drug-likeness (QED) is 0.735. The van der Waals surface area contributed by atoms with Gasteiger partial charge in [0.15, 0.2) is 0 Å². The zero-order valence-corrected chi connectivity index (χ0v) is 9.46. The van der Waals surface area contributed by atoms with Crippen molar-refractivity contribution in [1.29, 1.82) is 0 Å². The highest BCUT2D eigenvalue weighted by molar-refractivity contribution is 5.88. The van der Waals surface area contributed by atoms with Crippen LogP contribution < -0.4 is 9.84 Å². The molecular formula is C12H15O3-. The summed E-state index contributed by atoms with van der Waals surface area (Å²) in [6.45, 7) is 5.88. The molecule has 0 saturated heterocycles. The Morgan fingerprint density at radius 2 is 1.93 bits per heavy atom. The number of aromatic carboxylic acids is 1. The van der Waals surface area contributed by atoms with Gasteiger partial charge >= 0.3 is 0 Å². The Morgan fingerprint density at radius 1 is 1.33 bits per heavy atom. The monoisotopic (exact) mass is 207 g/mol. The number of ether oxygens (including phenoxy) is 1. The molecule has 1 aromatic rings. The van der Waals surface area contributed by atoms with Crippen LogP contribution in [0.1, 0.15) is 36.7 Å². The maximum atomic E-state index is 11.0. The Morgan fingerprint density at radius 3 is 2.33 bits per heavy atom. The molecule has 0 saturated carbocycles. The fraction of sp³-hybridized carbons (Fsp3) is 0.417. The van der Waals surface area contributed by atoms with Crippen molar-refractivity contribution < 1.29 is 14.6 Å². The van der Waals surface area contributed by atoms with Gasteiger partial charge in [-0.1, -0.05) is 26.8 Å². The molecule has 1 rings (SSSR count). The molecule has 0 aliphatic carbocycles. The molecule has 0 aromatic heterocycles. The Hall–Kier alpha value is -1.51. The Labute approximate surface area is 89.7 Å². The molecule has 0 fully saturated rings. The number of benzene rings is 1. The normalized spacial score (nSPS) is 11.2. The van der Waals surface area contributed by atoms with Crippen molar-refractivity contribution in [2.75, 3.05) is 7.11 Å². The first-order valence-electron chi connectivity index (χ1n) is 4.76. The predicted molar refractivity (Wildman–Crippen MR) is 56.0 cm³/mol. The summed E-state index contributed by atoms with van der Waals surface area (Å²) in [4.78, 5) is 11.0. The lowest BCUT2D eigenvalue weighted by Crippen LogP contribution is -2.27. The van der Waals surface area contributed by atoms with E-state index in [1.54, 1.807) is 12.1 Å². The first-order valence-corrected chi connectivity index (χ1v) is 4.76. The third-order valence-electron chi connectivity index (χ3n) is 2.25. The maximum Gasteiger partial charge on any atom is 0.119 e. The Balaban J connectivity index is 3.34. The zero-order valence-electron chi connectivity index (χ0n) is 9.46. The number of rotatable bonds is 2. The number of carbonyl (C=O) groups excluding carboxylic acids is 1. The van der Waals surface area contributed by atoms with E-state index >= 15 is 0 Å². The lowest BCUT2D eigenvalue weighted by Gasteiger charge is -2.23. The van der Waals surface area contributed by atoms with E-state index in [4.69, 9.17) is 4.74 Å². The highest BCUT2D eigenvalue weighted by Gasteiger charge is 2.18. The van der Waals surface area contributed by atoms with Crippen molar-refractivity contribution in [3.8, 4) is 5.75 Å². The van der Waals surface area contributed by atoms with Gasteiger partial charge in [-0.2, -0.15) is 0 Å². The van der Waals surface area contributed by atoms with Crippen molar-refractivity contribution in [2.24, 2.45) is 0 Å². The van der Waals surface area contributed by atoms with Crippen molar-refractivity contribution in [1.82, 2.24) is 0 Å². The van der Waals surface area contributed by atoms with Crippen LogP contribution in [0.5, 0.6) is 5.75 Å². The third-order valence-corrected chi connectivity index (χ3v) is 2.25. The van der Waals surface area contributed by atoms with Crippen LogP contribution in [0.25, 0.3) is 0 Å². The summed E-state index contributed by atoms with van der Waals surface area (Å²) in [5, 5.41) is 11.0. The van der Waals surface area contributed by atoms with Gasteiger partial charge in [0.1, 0.15) is 5.75 Å². The van der Waals surface area contributed by atoms with Crippen LogP contribution in [0.3, 0.4) is 0 Å². The first-order chi connectivity index (χ1) is 6.86. The van der Waals surface area contributed by atoms with E-state index < -0.39 is 5.97 Å². The number of carboxylic acid groups (broad SMARTS) is 1. The topological polar surface area (TPSA) is 49.4 Å². The van der Waals surface area contributed by atoms with Crippen LogP contribution in [0.2, 0.25) is 0 Å². The first kappa shape index (κ1) is 11.6. The van der Waals surface area contributed by atoms with E-state index in [2.05, 4.69) is 0 Å². The van der Waals surface area contributed by atoms with E-state index in [1.165, 1.54) is 13.2 Å². The molecule has 15 heavy (non-hydrogen) atoms. The molecule has 0 aliphatic heterocycles. The molecule has 1 aromatic carbocycles. The molecule has 0 N–H and O–H groups in total. The number of hydrogen-bond acceptors (Lipinski definition) is 3. The summed E-state index contributed by atoms with van der Waals surface area (Å²) in [5.41, 5.74) is 0.729. The van der Waals surface area contributed by atoms with Gasteiger partial charge in [0.05, 0.1) is 13.1 Å². The number of hydrogen-bond donors (Lipinski definition) is 0. The molecular weight excluding hydrogens is 192 g/mol. The fourth-order valence-corrected chi connectivity index (χ4v) is 1.47. The molecule has 3 nitrogen and oxygen atoms in total. The summed E-state index contributed by atoms with van der Waals surface area (Å²) < 4.78 is 4.98. The Kier molecular flexibility index (Phi) is 3.03. The summed E-state index contributed by atoms with van der Waals surface area (Å²) >= 11 is 0. The van der Waals surface area contributed by atoms with Gasteiger partial charge in [0.2, 0.25) is 0 Å². The highest BCUT2D eigenvalue weighted by atomic mass is 16.5. The highest BCUT2D eigenvalue weighted by Crippen LogP contribution is 2.28. The van der Waals surface area contributed by atoms with E-state index in [9.17, 15) is 9.90 Å². The lowest BCUT2D eigenvalue weighted by molar-refractivity contribution is -0.255. The second-order valence-corrected chi connectivity index (χ2v) is 4.45. The average molecular weight is 207 g/mol. The van der Waals surface area contributed by atoms with Gasteiger partial charge in [-0.15, -0.1) is 0 Å². The summed E-state index contributed by atoms with van der Waals surface area (Å²) in [6, 6.07) is 5.02. The minimum absolute atomic E-state index is 0.196. The maximum absolute atomic E-state index is 11.0. The molecule has 0 unspecified atom stereocenters. The SMILES string of the molecule is COc1ccc(C(C)(C)C)c(C(=O)[O-])c1. The smallest absolute Gasteiger partial charge is 0.119 e. The van der Waals surface area contributed by atoms with Gasteiger partial charge in [-0.3, -0.25) is 0 Å². The second-order valence-electron chi connectivity index (χ2n) is 4.45. The standard InChI is InChI=1S/C12H16O3/c1-12(2,3)10-6-5-8(15-4)7-9(10)11(13)14/h5-7H,1-4H3,(H,13,14)/p-1. The Bertz CT molecular complexity index is 375.